The van der Waals surface area contributed by atoms with Gasteiger partial charge < -0.3 is 5.32 Å². The van der Waals surface area contributed by atoms with Crippen molar-refractivity contribution in [2.24, 2.45) is 0 Å². The molecule has 2 aromatic rings. The average molecular weight is 287 g/mol. The minimum Gasteiger partial charge on any atom is -0.303 e. The number of aryl methyl sites for hydroxylation is 3. The van der Waals surface area contributed by atoms with Crippen molar-refractivity contribution in [1.29, 1.82) is 0 Å². The van der Waals surface area contributed by atoms with Crippen LogP contribution in [0.2, 0.25) is 0 Å². The van der Waals surface area contributed by atoms with Gasteiger partial charge in [-0.05, 0) is 62.3 Å². The molecular weight excluding hydrogens is 262 g/mol. The Morgan fingerprint density at radius 3 is 2.30 bits per heavy atom. The third-order valence-electron chi connectivity index (χ3n) is 3.92. The van der Waals surface area contributed by atoms with E-state index in [1.807, 2.05) is 11.3 Å². The summed E-state index contributed by atoms with van der Waals surface area (Å²) < 4.78 is 0. The van der Waals surface area contributed by atoms with Gasteiger partial charge in [0.1, 0.15) is 0 Å². The van der Waals surface area contributed by atoms with Crippen molar-refractivity contribution in [3.05, 3.63) is 56.8 Å². The van der Waals surface area contributed by atoms with Gasteiger partial charge >= 0.3 is 0 Å². The van der Waals surface area contributed by atoms with Gasteiger partial charge in [0.2, 0.25) is 0 Å². The van der Waals surface area contributed by atoms with Crippen LogP contribution in [-0.4, -0.2) is 0 Å². The molecule has 1 heterocycles. The third-order valence-corrected chi connectivity index (χ3v) is 4.90. The number of thiophene rings is 1. The number of hydrogen-bond acceptors (Lipinski definition) is 2. The van der Waals surface area contributed by atoms with E-state index < -0.39 is 0 Å². The lowest BCUT2D eigenvalue weighted by Crippen LogP contribution is -2.24. The molecule has 1 nitrogen and oxygen atoms in total. The molecule has 1 N–H and O–H groups in total. The number of nitrogens with one attached hydrogen (secondary N) is 1. The van der Waals surface area contributed by atoms with Crippen molar-refractivity contribution in [3.63, 3.8) is 0 Å². The molecule has 2 unspecified atom stereocenters. The Hall–Kier alpha value is -1.12. The Kier molecular flexibility index (Phi) is 5.00. The summed E-state index contributed by atoms with van der Waals surface area (Å²) in [4.78, 5) is 1.43. The Labute approximate surface area is 127 Å². The maximum absolute atomic E-state index is 3.80. The van der Waals surface area contributed by atoms with Crippen LogP contribution in [0.1, 0.15) is 59.5 Å². The highest BCUT2D eigenvalue weighted by molar-refractivity contribution is 7.10. The quantitative estimate of drug-likeness (QED) is 0.768. The first-order valence-corrected chi connectivity index (χ1v) is 8.28. The summed E-state index contributed by atoms with van der Waals surface area (Å²) in [5.74, 6) is 0. The molecule has 20 heavy (non-hydrogen) atoms. The van der Waals surface area contributed by atoms with Crippen molar-refractivity contribution >= 4 is 11.3 Å². The molecule has 0 spiro atoms. The van der Waals surface area contributed by atoms with E-state index in [1.165, 1.54) is 27.1 Å². The molecule has 0 saturated heterocycles. The fourth-order valence-electron chi connectivity index (χ4n) is 3.15. The largest absolute Gasteiger partial charge is 0.303 e. The minimum atomic E-state index is 0.377. The van der Waals surface area contributed by atoms with Gasteiger partial charge in [-0.25, -0.2) is 0 Å². The summed E-state index contributed by atoms with van der Waals surface area (Å²) in [7, 11) is 0. The van der Waals surface area contributed by atoms with E-state index >= 15 is 0 Å². The van der Waals surface area contributed by atoms with E-state index in [4.69, 9.17) is 0 Å². The molecule has 1 aromatic carbocycles. The smallest absolute Gasteiger partial charge is 0.0416 e. The lowest BCUT2D eigenvalue weighted by molar-refractivity contribution is 0.459. The van der Waals surface area contributed by atoms with Crippen LogP contribution in [0.25, 0.3) is 0 Å². The molecular formula is C18H25NS. The molecule has 0 aliphatic heterocycles. The Morgan fingerprint density at radius 2 is 1.80 bits per heavy atom. The molecule has 0 radical (unpaired) electrons. The topological polar surface area (TPSA) is 12.0 Å². The van der Waals surface area contributed by atoms with Gasteiger partial charge in [-0.3, -0.25) is 0 Å². The van der Waals surface area contributed by atoms with Gasteiger partial charge in [-0.1, -0.05) is 30.7 Å². The Bertz CT molecular complexity index is 534. The van der Waals surface area contributed by atoms with Crippen LogP contribution in [0.3, 0.4) is 0 Å². The maximum Gasteiger partial charge on any atom is 0.0416 e. The predicted molar refractivity (Wildman–Crippen MR) is 89.6 cm³/mol. The molecule has 2 atom stereocenters. The Morgan fingerprint density at radius 1 is 1.15 bits per heavy atom. The average Bonchev–Trinajstić information content (AvgIpc) is 2.88. The summed E-state index contributed by atoms with van der Waals surface area (Å²) in [5, 5.41) is 5.96. The summed E-state index contributed by atoms with van der Waals surface area (Å²) in [6.45, 7) is 11.1. The molecule has 0 fully saturated rings. The first-order valence-electron chi connectivity index (χ1n) is 7.40. The molecule has 0 aliphatic carbocycles. The van der Waals surface area contributed by atoms with Gasteiger partial charge in [0.25, 0.3) is 0 Å². The normalized spacial score (nSPS) is 14.2. The molecule has 2 rings (SSSR count). The minimum absolute atomic E-state index is 0.377. The van der Waals surface area contributed by atoms with E-state index in [2.05, 4.69) is 69.6 Å². The van der Waals surface area contributed by atoms with Crippen LogP contribution in [0.4, 0.5) is 0 Å². The monoisotopic (exact) mass is 287 g/mol. The molecule has 0 saturated carbocycles. The Balaban J connectivity index is 2.21. The number of hydrogen-bond donors (Lipinski definition) is 1. The van der Waals surface area contributed by atoms with Crippen LogP contribution < -0.4 is 5.32 Å². The van der Waals surface area contributed by atoms with Gasteiger partial charge in [0, 0.05) is 17.0 Å². The lowest BCUT2D eigenvalue weighted by Gasteiger charge is -2.25. The lowest BCUT2D eigenvalue weighted by atomic mass is 9.94. The fraction of sp³-hybridized carbons (Fsp3) is 0.444. The standard InChI is InChI=1S/C18H25NS/c1-6-16(17-8-7-9-20-17)19-15(5)18-13(3)10-12(2)11-14(18)4/h7-11,15-16,19H,6H2,1-5H3. The van der Waals surface area contributed by atoms with E-state index in [1.54, 1.807) is 0 Å². The number of rotatable bonds is 5. The van der Waals surface area contributed by atoms with Gasteiger partial charge in [-0.2, -0.15) is 0 Å². The van der Waals surface area contributed by atoms with Gasteiger partial charge in [0.05, 0.1) is 0 Å². The first kappa shape index (κ1) is 15.3. The van der Waals surface area contributed by atoms with Gasteiger partial charge in [-0.15, -0.1) is 11.3 Å². The third kappa shape index (κ3) is 3.31. The van der Waals surface area contributed by atoms with Crippen LogP contribution in [0.5, 0.6) is 0 Å². The van der Waals surface area contributed by atoms with Crippen molar-refractivity contribution in [2.75, 3.05) is 0 Å². The van der Waals surface area contributed by atoms with Crippen LogP contribution in [0, 0.1) is 20.8 Å². The van der Waals surface area contributed by atoms with Crippen molar-refractivity contribution in [3.8, 4) is 0 Å². The summed E-state index contributed by atoms with van der Waals surface area (Å²) in [6, 6.07) is 9.76. The molecule has 1 aromatic heterocycles. The van der Waals surface area contributed by atoms with Crippen molar-refractivity contribution < 1.29 is 0 Å². The summed E-state index contributed by atoms with van der Waals surface area (Å²) in [6.07, 6.45) is 1.12. The van der Waals surface area contributed by atoms with Crippen LogP contribution in [0.15, 0.2) is 29.6 Å². The first-order chi connectivity index (χ1) is 9.52. The highest BCUT2D eigenvalue weighted by atomic mass is 32.1. The molecule has 108 valence electrons. The highest BCUT2D eigenvalue weighted by Crippen LogP contribution is 2.28. The van der Waals surface area contributed by atoms with E-state index in [0.717, 1.165) is 6.42 Å². The zero-order valence-electron chi connectivity index (χ0n) is 13.2. The molecule has 2 heteroatoms. The highest BCUT2D eigenvalue weighted by Gasteiger charge is 2.17. The zero-order chi connectivity index (χ0) is 14.7. The SMILES string of the molecule is CCC(NC(C)c1c(C)cc(C)cc1C)c1cccs1. The molecule has 0 aliphatic rings. The second kappa shape index (κ2) is 6.55. The van der Waals surface area contributed by atoms with E-state index in [0.29, 0.717) is 12.1 Å². The second-order valence-electron chi connectivity index (χ2n) is 5.68. The van der Waals surface area contributed by atoms with Crippen molar-refractivity contribution in [2.45, 2.75) is 53.1 Å². The van der Waals surface area contributed by atoms with E-state index in [-0.39, 0.29) is 0 Å². The predicted octanol–water partition coefficient (Wildman–Crippen LogP) is 5.48. The number of benzene rings is 1. The second-order valence-corrected chi connectivity index (χ2v) is 6.66. The van der Waals surface area contributed by atoms with Crippen molar-refractivity contribution in [1.82, 2.24) is 5.32 Å². The summed E-state index contributed by atoms with van der Waals surface area (Å²) in [5.41, 5.74) is 5.58. The van der Waals surface area contributed by atoms with Gasteiger partial charge in [0.15, 0.2) is 0 Å². The molecule has 0 bridgehead atoms. The maximum atomic E-state index is 3.80. The zero-order valence-corrected chi connectivity index (χ0v) is 14.0. The van der Waals surface area contributed by atoms with Crippen LogP contribution in [-0.2, 0) is 0 Å². The summed E-state index contributed by atoms with van der Waals surface area (Å²) >= 11 is 1.84. The molecule has 0 amide bonds. The fourth-order valence-corrected chi connectivity index (χ4v) is 4.02. The van der Waals surface area contributed by atoms with Crippen LogP contribution >= 0.6 is 11.3 Å². The van der Waals surface area contributed by atoms with E-state index in [9.17, 15) is 0 Å².